The lowest BCUT2D eigenvalue weighted by Gasteiger charge is -2.32. The van der Waals surface area contributed by atoms with E-state index in [0.29, 0.717) is 18.8 Å². The minimum Gasteiger partial charge on any atom is -0.376 e. The number of carbonyl (C=O) groups is 1. The summed E-state index contributed by atoms with van der Waals surface area (Å²) in [5, 5.41) is 2.96. The Hall–Kier alpha value is -0.610. The van der Waals surface area contributed by atoms with E-state index in [1.54, 1.807) is 0 Å². The number of hydrogen-bond acceptors (Lipinski definition) is 3. The fraction of sp³-hybridized carbons (Fsp3) is 0.941. The van der Waals surface area contributed by atoms with Crippen LogP contribution in [0.3, 0.4) is 0 Å². The van der Waals surface area contributed by atoms with Crippen molar-refractivity contribution in [1.82, 2.24) is 10.2 Å². The quantitative estimate of drug-likeness (QED) is 0.749. The molecular weight excluding hydrogens is 264 g/mol. The van der Waals surface area contributed by atoms with Gasteiger partial charge in [0.25, 0.3) is 0 Å². The van der Waals surface area contributed by atoms with Gasteiger partial charge in [-0.1, -0.05) is 0 Å². The van der Waals surface area contributed by atoms with E-state index in [0.717, 1.165) is 25.4 Å². The summed E-state index contributed by atoms with van der Waals surface area (Å²) in [7, 11) is 0. The molecule has 4 nitrogen and oxygen atoms in total. The smallest absolute Gasteiger partial charge is 0.234 e. The highest BCUT2D eigenvalue weighted by molar-refractivity contribution is 5.78. The molecule has 0 saturated carbocycles. The molecule has 1 unspecified atom stereocenters. The minimum absolute atomic E-state index is 0.155. The number of ether oxygens (including phenoxy) is 1. The fourth-order valence-electron chi connectivity index (χ4n) is 3.01. The summed E-state index contributed by atoms with van der Waals surface area (Å²) in [5.41, 5.74) is 0. The van der Waals surface area contributed by atoms with Gasteiger partial charge >= 0.3 is 0 Å². The van der Waals surface area contributed by atoms with Gasteiger partial charge in [0.15, 0.2) is 0 Å². The average molecular weight is 298 g/mol. The molecule has 0 aromatic heterocycles. The lowest BCUT2D eigenvalue weighted by molar-refractivity contribution is -0.123. The molecule has 0 aromatic rings. The van der Waals surface area contributed by atoms with E-state index in [1.165, 1.54) is 19.3 Å². The Morgan fingerprint density at radius 2 is 1.81 bits per heavy atom. The Labute approximate surface area is 130 Å². The topological polar surface area (TPSA) is 41.6 Å². The third-order valence-corrected chi connectivity index (χ3v) is 4.01. The van der Waals surface area contributed by atoms with Gasteiger partial charge in [-0.25, -0.2) is 0 Å². The molecule has 1 N–H and O–H groups in total. The molecule has 1 aliphatic heterocycles. The van der Waals surface area contributed by atoms with Gasteiger partial charge in [0, 0.05) is 6.04 Å². The molecular formula is C17H34N2O2. The van der Waals surface area contributed by atoms with Gasteiger partial charge in [0.2, 0.25) is 5.91 Å². The van der Waals surface area contributed by atoms with Crippen LogP contribution in [0, 0.1) is 5.92 Å². The van der Waals surface area contributed by atoms with Crippen molar-refractivity contribution in [2.45, 2.75) is 78.6 Å². The van der Waals surface area contributed by atoms with Gasteiger partial charge in [-0.15, -0.1) is 0 Å². The first-order chi connectivity index (χ1) is 9.86. The summed E-state index contributed by atoms with van der Waals surface area (Å²) in [6.45, 7) is 13.0. The van der Waals surface area contributed by atoms with Crippen molar-refractivity contribution >= 4 is 5.91 Å². The van der Waals surface area contributed by atoms with Crippen LogP contribution in [0.25, 0.3) is 0 Å². The zero-order valence-electron chi connectivity index (χ0n) is 14.5. The van der Waals surface area contributed by atoms with Crippen molar-refractivity contribution in [3.63, 3.8) is 0 Å². The van der Waals surface area contributed by atoms with Crippen molar-refractivity contribution in [3.05, 3.63) is 0 Å². The standard InChI is InChI=1S/C17H34N2O2/c1-13(2)18-17(20)12-19-10-8-16(9-11-19)7-6-15(5)21-14(3)4/h13-16H,6-12H2,1-5H3,(H,18,20). The van der Waals surface area contributed by atoms with E-state index in [2.05, 4.69) is 31.0 Å². The molecule has 1 atom stereocenters. The zero-order valence-corrected chi connectivity index (χ0v) is 14.5. The number of amides is 1. The monoisotopic (exact) mass is 298 g/mol. The predicted molar refractivity (Wildman–Crippen MR) is 87.4 cm³/mol. The van der Waals surface area contributed by atoms with Crippen LogP contribution in [0.5, 0.6) is 0 Å². The van der Waals surface area contributed by atoms with Crippen LogP contribution in [0.2, 0.25) is 0 Å². The maximum Gasteiger partial charge on any atom is 0.234 e. The molecule has 1 heterocycles. The second kappa shape index (κ2) is 9.42. The molecule has 1 amide bonds. The maximum absolute atomic E-state index is 11.8. The third kappa shape index (κ3) is 8.42. The van der Waals surface area contributed by atoms with Crippen molar-refractivity contribution in [1.29, 1.82) is 0 Å². The Morgan fingerprint density at radius 3 is 2.33 bits per heavy atom. The van der Waals surface area contributed by atoms with E-state index < -0.39 is 0 Å². The fourth-order valence-corrected chi connectivity index (χ4v) is 3.01. The van der Waals surface area contributed by atoms with Gasteiger partial charge in [-0.2, -0.15) is 0 Å². The summed E-state index contributed by atoms with van der Waals surface area (Å²) in [4.78, 5) is 14.0. The molecule has 1 saturated heterocycles. The summed E-state index contributed by atoms with van der Waals surface area (Å²) >= 11 is 0. The van der Waals surface area contributed by atoms with Crippen molar-refractivity contribution < 1.29 is 9.53 Å². The first-order valence-electron chi connectivity index (χ1n) is 8.54. The molecule has 4 heteroatoms. The van der Waals surface area contributed by atoms with Gasteiger partial charge in [-0.05, 0) is 79.3 Å². The van der Waals surface area contributed by atoms with E-state index >= 15 is 0 Å². The third-order valence-electron chi connectivity index (χ3n) is 4.01. The number of piperidine rings is 1. The van der Waals surface area contributed by atoms with Crippen LogP contribution in [0.4, 0.5) is 0 Å². The van der Waals surface area contributed by atoms with Crippen LogP contribution in [-0.4, -0.2) is 48.7 Å². The predicted octanol–water partition coefficient (Wildman–Crippen LogP) is 2.82. The molecule has 0 aromatic carbocycles. The number of nitrogens with zero attached hydrogens (tertiary/aromatic N) is 1. The van der Waals surface area contributed by atoms with Crippen molar-refractivity contribution in [2.24, 2.45) is 5.92 Å². The number of likely N-dealkylation sites (tertiary alicyclic amines) is 1. The number of nitrogens with one attached hydrogen (secondary N) is 1. The van der Waals surface area contributed by atoms with Crippen LogP contribution < -0.4 is 5.32 Å². The Morgan fingerprint density at radius 1 is 1.19 bits per heavy atom. The first kappa shape index (κ1) is 18.4. The second-order valence-electron chi connectivity index (χ2n) is 7.01. The van der Waals surface area contributed by atoms with Crippen LogP contribution in [0.1, 0.15) is 60.3 Å². The molecule has 1 rings (SSSR count). The second-order valence-corrected chi connectivity index (χ2v) is 7.01. The Kier molecular flexibility index (Phi) is 8.27. The van der Waals surface area contributed by atoms with Crippen LogP contribution >= 0.6 is 0 Å². The zero-order chi connectivity index (χ0) is 15.8. The largest absolute Gasteiger partial charge is 0.376 e. The molecule has 0 bridgehead atoms. The van der Waals surface area contributed by atoms with Gasteiger partial charge < -0.3 is 10.1 Å². The molecule has 21 heavy (non-hydrogen) atoms. The normalized spacial score (nSPS) is 19.2. The van der Waals surface area contributed by atoms with Gasteiger partial charge in [-0.3, -0.25) is 9.69 Å². The average Bonchev–Trinajstić information content (AvgIpc) is 2.36. The highest BCUT2D eigenvalue weighted by atomic mass is 16.5. The Balaban J connectivity index is 2.16. The highest BCUT2D eigenvalue weighted by Gasteiger charge is 2.21. The summed E-state index contributed by atoms with van der Waals surface area (Å²) in [6.07, 6.45) is 5.50. The number of rotatable bonds is 8. The van der Waals surface area contributed by atoms with E-state index in [4.69, 9.17) is 4.74 Å². The summed E-state index contributed by atoms with van der Waals surface area (Å²) in [5.74, 6) is 0.954. The first-order valence-corrected chi connectivity index (χ1v) is 8.54. The molecule has 1 aliphatic rings. The molecule has 1 fully saturated rings. The highest BCUT2D eigenvalue weighted by Crippen LogP contribution is 2.23. The lowest BCUT2D eigenvalue weighted by atomic mass is 9.91. The summed E-state index contributed by atoms with van der Waals surface area (Å²) < 4.78 is 5.79. The SMILES string of the molecule is CC(C)NC(=O)CN1CCC(CCC(C)OC(C)C)CC1. The van der Waals surface area contributed by atoms with Gasteiger partial charge in [0.1, 0.15) is 0 Å². The lowest BCUT2D eigenvalue weighted by Crippen LogP contribution is -2.43. The van der Waals surface area contributed by atoms with Gasteiger partial charge in [0.05, 0.1) is 18.8 Å². The van der Waals surface area contributed by atoms with Crippen LogP contribution in [-0.2, 0) is 9.53 Å². The van der Waals surface area contributed by atoms with E-state index in [9.17, 15) is 4.79 Å². The van der Waals surface area contributed by atoms with Crippen LogP contribution in [0.15, 0.2) is 0 Å². The molecule has 124 valence electrons. The molecule has 0 aliphatic carbocycles. The summed E-state index contributed by atoms with van der Waals surface area (Å²) in [6, 6.07) is 0.234. The maximum atomic E-state index is 11.8. The molecule has 0 radical (unpaired) electrons. The van der Waals surface area contributed by atoms with E-state index in [-0.39, 0.29) is 11.9 Å². The number of hydrogen-bond donors (Lipinski definition) is 1. The van der Waals surface area contributed by atoms with Crippen molar-refractivity contribution in [2.75, 3.05) is 19.6 Å². The Bertz CT molecular complexity index is 297. The minimum atomic E-state index is 0.155. The number of carbonyl (C=O) groups excluding carboxylic acids is 1. The molecule has 0 spiro atoms. The van der Waals surface area contributed by atoms with E-state index in [1.807, 2.05) is 13.8 Å². The van der Waals surface area contributed by atoms with Crippen molar-refractivity contribution in [3.8, 4) is 0 Å².